The van der Waals surface area contributed by atoms with Crippen molar-refractivity contribution in [1.82, 2.24) is 5.32 Å². The quantitative estimate of drug-likeness (QED) is 0.779. The van der Waals surface area contributed by atoms with E-state index in [1.54, 1.807) is 12.1 Å². The third kappa shape index (κ3) is 5.79. The molecule has 5 nitrogen and oxygen atoms in total. The van der Waals surface area contributed by atoms with Crippen LogP contribution in [-0.2, 0) is 11.2 Å². The van der Waals surface area contributed by atoms with Crippen molar-refractivity contribution in [3.63, 3.8) is 0 Å². The van der Waals surface area contributed by atoms with Crippen LogP contribution in [0.25, 0.3) is 0 Å². The van der Waals surface area contributed by atoms with Gasteiger partial charge in [-0.05, 0) is 43.4 Å². The van der Waals surface area contributed by atoms with Gasteiger partial charge in [-0.1, -0.05) is 6.07 Å². The summed E-state index contributed by atoms with van der Waals surface area (Å²) < 4.78 is 34.2. The van der Waals surface area contributed by atoms with Gasteiger partial charge in [0.15, 0.2) is 11.5 Å². The zero-order valence-electron chi connectivity index (χ0n) is 13.5. The number of benzene rings is 1. The minimum atomic E-state index is -2.91. The van der Waals surface area contributed by atoms with Crippen molar-refractivity contribution in [2.24, 2.45) is 11.7 Å². The van der Waals surface area contributed by atoms with Gasteiger partial charge in [-0.3, -0.25) is 4.79 Å². The van der Waals surface area contributed by atoms with Crippen LogP contribution in [0.3, 0.4) is 0 Å². The van der Waals surface area contributed by atoms with E-state index >= 15 is 0 Å². The largest absolute Gasteiger partial charge is 0.493 e. The van der Waals surface area contributed by atoms with Gasteiger partial charge in [-0.15, -0.1) is 12.4 Å². The molecule has 24 heavy (non-hydrogen) atoms. The van der Waals surface area contributed by atoms with E-state index in [1.807, 2.05) is 0 Å². The lowest BCUT2D eigenvalue weighted by molar-refractivity contribution is -0.124. The Bertz CT molecular complexity index is 546. The molecule has 1 amide bonds. The molecule has 8 heteroatoms. The Morgan fingerprint density at radius 3 is 2.71 bits per heavy atom. The molecule has 0 bridgehead atoms. The van der Waals surface area contributed by atoms with Gasteiger partial charge >= 0.3 is 6.61 Å². The number of nitrogens with two attached hydrogens (primary N) is 1. The smallest absolute Gasteiger partial charge is 0.387 e. The normalized spacial score (nSPS) is 19.7. The summed E-state index contributed by atoms with van der Waals surface area (Å²) in [6, 6.07) is 4.95. The minimum absolute atomic E-state index is 0. The SMILES string of the molecule is COc1ccc(CCNC(=O)C2CCC(N)C2)cc1OC(F)F.Cl. The van der Waals surface area contributed by atoms with Crippen molar-refractivity contribution in [1.29, 1.82) is 0 Å². The molecule has 1 saturated carbocycles. The van der Waals surface area contributed by atoms with E-state index in [4.69, 9.17) is 10.5 Å². The first-order valence-electron chi connectivity index (χ1n) is 7.64. The number of rotatable bonds is 7. The summed E-state index contributed by atoms with van der Waals surface area (Å²) in [6.45, 7) is -2.48. The van der Waals surface area contributed by atoms with Gasteiger partial charge in [-0.25, -0.2) is 0 Å². The number of methoxy groups -OCH3 is 1. The molecular weight excluding hydrogens is 342 g/mol. The van der Waals surface area contributed by atoms with Gasteiger partial charge < -0.3 is 20.5 Å². The zero-order valence-corrected chi connectivity index (χ0v) is 14.3. The number of carbonyl (C=O) groups is 1. The average Bonchev–Trinajstić information content (AvgIpc) is 2.93. The maximum Gasteiger partial charge on any atom is 0.387 e. The first-order valence-corrected chi connectivity index (χ1v) is 7.64. The van der Waals surface area contributed by atoms with Crippen LogP contribution in [0, 0.1) is 5.92 Å². The second-order valence-electron chi connectivity index (χ2n) is 5.67. The molecule has 3 N–H and O–H groups in total. The van der Waals surface area contributed by atoms with Crippen LogP contribution in [-0.4, -0.2) is 32.2 Å². The molecule has 1 aliphatic carbocycles. The predicted molar refractivity (Wildman–Crippen MR) is 88.9 cm³/mol. The number of hydrogen-bond acceptors (Lipinski definition) is 4. The molecule has 0 heterocycles. The number of hydrogen-bond donors (Lipinski definition) is 2. The van der Waals surface area contributed by atoms with E-state index in [0.717, 1.165) is 24.8 Å². The van der Waals surface area contributed by atoms with Crippen LogP contribution in [0.15, 0.2) is 18.2 Å². The van der Waals surface area contributed by atoms with Crippen LogP contribution in [0.2, 0.25) is 0 Å². The fraction of sp³-hybridized carbons (Fsp3) is 0.562. The molecule has 2 atom stereocenters. The topological polar surface area (TPSA) is 73.6 Å². The molecule has 0 aromatic heterocycles. The second-order valence-corrected chi connectivity index (χ2v) is 5.67. The molecule has 0 saturated heterocycles. The number of amides is 1. The Morgan fingerprint density at radius 1 is 1.38 bits per heavy atom. The zero-order chi connectivity index (χ0) is 16.8. The molecule has 0 radical (unpaired) electrons. The average molecular weight is 365 g/mol. The Balaban J connectivity index is 0.00000288. The molecule has 2 rings (SSSR count). The van der Waals surface area contributed by atoms with E-state index in [-0.39, 0.29) is 41.8 Å². The number of alkyl halides is 2. The lowest BCUT2D eigenvalue weighted by Crippen LogP contribution is -2.31. The molecule has 1 aromatic rings. The van der Waals surface area contributed by atoms with Crippen molar-refractivity contribution in [3.8, 4) is 11.5 Å². The second kappa shape index (κ2) is 9.64. The summed E-state index contributed by atoms with van der Waals surface area (Å²) in [4.78, 5) is 12.0. The van der Waals surface area contributed by atoms with Crippen LogP contribution < -0.4 is 20.5 Å². The maximum atomic E-state index is 12.4. The summed E-state index contributed by atoms with van der Waals surface area (Å²) in [6.07, 6.45) is 2.95. The molecule has 2 unspecified atom stereocenters. The van der Waals surface area contributed by atoms with Crippen LogP contribution in [0.1, 0.15) is 24.8 Å². The molecule has 1 aromatic carbocycles. The van der Waals surface area contributed by atoms with E-state index in [0.29, 0.717) is 13.0 Å². The van der Waals surface area contributed by atoms with E-state index in [2.05, 4.69) is 10.1 Å². The standard InChI is InChI=1S/C16H22F2N2O3.ClH/c1-22-13-5-2-10(8-14(13)23-16(17)18)6-7-20-15(21)11-3-4-12(19)9-11;/h2,5,8,11-12,16H,3-4,6-7,9,19H2,1H3,(H,20,21);1H. The lowest BCUT2D eigenvalue weighted by atomic mass is 10.1. The fourth-order valence-electron chi connectivity index (χ4n) is 2.79. The van der Waals surface area contributed by atoms with Crippen molar-refractivity contribution in [3.05, 3.63) is 23.8 Å². The first kappa shape index (κ1) is 20.4. The summed E-state index contributed by atoms with van der Waals surface area (Å²) >= 11 is 0. The Kier molecular flexibility index (Phi) is 8.21. The van der Waals surface area contributed by atoms with E-state index in [1.165, 1.54) is 13.2 Å². The van der Waals surface area contributed by atoms with Gasteiger partial charge in [-0.2, -0.15) is 8.78 Å². The molecule has 1 fully saturated rings. The predicted octanol–water partition coefficient (Wildman–Crippen LogP) is 2.50. The Morgan fingerprint density at radius 2 is 2.12 bits per heavy atom. The Labute approximate surface area is 146 Å². The summed E-state index contributed by atoms with van der Waals surface area (Å²) in [5.74, 6) is 0.236. The third-order valence-corrected chi connectivity index (χ3v) is 4.00. The highest BCUT2D eigenvalue weighted by molar-refractivity contribution is 5.85. The molecule has 136 valence electrons. The van der Waals surface area contributed by atoms with Gasteiger partial charge in [0.1, 0.15) is 0 Å². The summed E-state index contributed by atoms with van der Waals surface area (Å²) in [5.41, 5.74) is 6.58. The highest BCUT2D eigenvalue weighted by Crippen LogP contribution is 2.29. The van der Waals surface area contributed by atoms with Gasteiger partial charge in [0.25, 0.3) is 0 Å². The van der Waals surface area contributed by atoms with Crippen LogP contribution in [0.5, 0.6) is 11.5 Å². The van der Waals surface area contributed by atoms with Crippen LogP contribution in [0.4, 0.5) is 8.78 Å². The van der Waals surface area contributed by atoms with Crippen LogP contribution >= 0.6 is 12.4 Å². The molecule has 0 aliphatic heterocycles. The van der Waals surface area contributed by atoms with Crippen molar-refractivity contribution >= 4 is 18.3 Å². The monoisotopic (exact) mass is 364 g/mol. The number of nitrogens with one attached hydrogen (secondary N) is 1. The van der Waals surface area contributed by atoms with E-state index < -0.39 is 6.61 Å². The van der Waals surface area contributed by atoms with Crippen molar-refractivity contribution < 1.29 is 23.0 Å². The highest BCUT2D eigenvalue weighted by atomic mass is 35.5. The lowest BCUT2D eigenvalue weighted by Gasteiger charge is -2.13. The van der Waals surface area contributed by atoms with Gasteiger partial charge in [0.05, 0.1) is 7.11 Å². The van der Waals surface area contributed by atoms with Crippen molar-refractivity contribution in [2.45, 2.75) is 38.3 Å². The van der Waals surface area contributed by atoms with Crippen molar-refractivity contribution in [2.75, 3.05) is 13.7 Å². The molecule has 1 aliphatic rings. The maximum absolute atomic E-state index is 12.4. The van der Waals surface area contributed by atoms with Gasteiger partial charge in [0.2, 0.25) is 5.91 Å². The summed E-state index contributed by atoms with van der Waals surface area (Å²) in [5, 5.41) is 2.87. The third-order valence-electron chi connectivity index (χ3n) is 4.00. The molecule has 0 spiro atoms. The van der Waals surface area contributed by atoms with Gasteiger partial charge in [0, 0.05) is 18.5 Å². The number of carbonyl (C=O) groups excluding carboxylic acids is 1. The minimum Gasteiger partial charge on any atom is -0.493 e. The van der Waals surface area contributed by atoms with E-state index in [9.17, 15) is 13.6 Å². The number of ether oxygens (including phenoxy) is 2. The fourth-order valence-corrected chi connectivity index (χ4v) is 2.79. The first-order chi connectivity index (χ1) is 11.0. The Hall–Kier alpha value is -1.60. The highest BCUT2D eigenvalue weighted by Gasteiger charge is 2.27. The molecular formula is C16H23ClF2N2O3. The number of halogens is 3. The summed E-state index contributed by atoms with van der Waals surface area (Å²) in [7, 11) is 1.39.